The van der Waals surface area contributed by atoms with Gasteiger partial charge in [0.15, 0.2) is 0 Å². The van der Waals surface area contributed by atoms with Crippen molar-refractivity contribution in [3.8, 4) is 5.75 Å². The molecular weight excluding hydrogens is 483 g/mol. The lowest BCUT2D eigenvalue weighted by Crippen LogP contribution is -2.29. The van der Waals surface area contributed by atoms with Gasteiger partial charge in [0, 0.05) is 11.3 Å². The molecule has 3 aromatic rings. The first-order valence-corrected chi connectivity index (χ1v) is 12.7. The molecule has 3 rings (SSSR count). The molecule has 33 heavy (non-hydrogen) atoms. The van der Waals surface area contributed by atoms with Crippen LogP contribution in [0.15, 0.2) is 66.7 Å². The molecule has 6 nitrogen and oxygen atoms in total. The number of carbonyl (C=O) groups excluding carboxylic acids is 1. The number of amides is 1. The second kappa shape index (κ2) is 10.5. The molecule has 0 aliphatic heterocycles. The topological polar surface area (TPSA) is 75.7 Å². The van der Waals surface area contributed by atoms with Crippen LogP contribution in [0.25, 0.3) is 0 Å². The number of benzene rings is 3. The normalized spacial score (nSPS) is 11.3. The van der Waals surface area contributed by atoms with Gasteiger partial charge in [-0.25, -0.2) is 8.42 Å². The Morgan fingerprint density at radius 1 is 1.00 bits per heavy atom. The highest BCUT2D eigenvalue weighted by atomic mass is 35.5. The van der Waals surface area contributed by atoms with Crippen LogP contribution in [0, 0.1) is 0 Å². The summed E-state index contributed by atoms with van der Waals surface area (Å²) >= 11 is 12.3. The molecule has 0 aliphatic rings. The van der Waals surface area contributed by atoms with E-state index in [2.05, 4.69) is 5.32 Å². The van der Waals surface area contributed by atoms with Gasteiger partial charge in [0.25, 0.3) is 5.91 Å². The second-order valence-corrected chi connectivity index (χ2v) is 10.4. The van der Waals surface area contributed by atoms with Crippen molar-refractivity contribution in [2.45, 2.75) is 26.5 Å². The van der Waals surface area contributed by atoms with Crippen molar-refractivity contribution < 1.29 is 17.9 Å². The van der Waals surface area contributed by atoms with Gasteiger partial charge in [0.2, 0.25) is 10.0 Å². The monoisotopic (exact) mass is 506 g/mol. The predicted molar refractivity (Wildman–Crippen MR) is 134 cm³/mol. The molecule has 0 bridgehead atoms. The summed E-state index contributed by atoms with van der Waals surface area (Å²) in [5.41, 5.74) is 2.05. The highest BCUT2D eigenvalue weighted by molar-refractivity contribution is 7.92. The van der Waals surface area contributed by atoms with Crippen molar-refractivity contribution in [3.05, 3.63) is 87.9 Å². The maximum Gasteiger partial charge on any atom is 0.255 e. The third-order valence-corrected chi connectivity index (χ3v) is 6.56. The summed E-state index contributed by atoms with van der Waals surface area (Å²) in [7, 11) is -3.63. The number of anilines is 2. The molecule has 3 aromatic carbocycles. The predicted octanol–water partition coefficient (Wildman–Crippen LogP) is 6.00. The maximum atomic E-state index is 12.6. The standard InChI is InChI=1S/C24H24Cl2N2O4S/c1-16(2)32-20-13-11-19(12-14-20)27-24(29)18-9-7-17(8-10-18)15-28(33(3,30)31)22-6-4-5-21(25)23(22)26/h4-14,16H,15H2,1-3H3,(H,27,29). The summed E-state index contributed by atoms with van der Waals surface area (Å²) in [5.74, 6) is 0.444. The van der Waals surface area contributed by atoms with Crippen LogP contribution < -0.4 is 14.4 Å². The van der Waals surface area contributed by atoms with Crippen LogP contribution in [0.2, 0.25) is 10.0 Å². The summed E-state index contributed by atoms with van der Waals surface area (Å²) < 4.78 is 31.6. The summed E-state index contributed by atoms with van der Waals surface area (Å²) in [6.45, 7) is 3.92. The van der Waals surface area contributed by atoms with Crippen LogP contribution in [-0.4, -0.2) is 26.7 Å². The minimum Gasteiger partial charge on any atom is -0.491 e. The van der Waals surface area contributed by atoms with Crippen molar-refractivity contribution >= 4 is 50.5 Å². The fourth-order valence-corrected chi connectivity index (χ4v) is 4.43. The Kier molecular flexibility index (Phi) is 7.89. The van der Waals surface area contributed by atoms with E-state index in [1.165, 1.54) is 4.31 Å². The molecule has 1 amide bonds. The number of halogens is 2. The highest BCUT2D eigenvalue weighted by Gasteiger charge is 2.21. The van der Waals surface area contributed by atoms with Crippen molar-refractivity contribution in [1.29, 1.82) is 0 Å². The lowest BCUT2D eigenvalue weighted by Gasteiger charge is -2.24. The fourth-order valence-electron chi connectivity index (χ4n) is 3.09. The molecule has 0 aliphatic carbocycles. The number of rotatable bonds is 8. The third kappa shape index (κ3) is 6.63. The van der Waals surface area contributed by atoms with Gasteiger partial charge in [-0.05, 0) is 67.9 Å². The Morgan fingerprint density at radius 2 is 1.64 bits per heavy atom. The van der Waals surface area contributed by atoms with Gasteiger partial charge in [-0.1, -0.05) is 41.4 Å². The van der Waals surface area contributed by atoms with Crippen LogP contribution >= 0.6 is 23.2 Å². The Bertz CT molecular complexity index is 1230. The van der Waals surface area contributed by atoms with E-state index in [-0.39, 0.29) is 28.6 Å². The van der Waals surface area contributed by atoms with Crippen molar-refractivity contribution in [2.24, 2.45) is 0 Å². The Morgan fingerprint density at radius 3 is 2.21 bits per heavy atom. The van der Waals surface area contributed by atoms with Crippen molar-refractivity contribution in [1.82, 2.24) is 0 Å². The zero-order valence-electron chi connectivity index (χ0n) is 18.4. The number of carbonyl (C=O) groups is 1. The Labute approximate surface area is 204 Å². The first kappa shape index (κ1) is 24.9. The lowest BCUT2D eigenvalue weighted by atomic mass is 10.1. The zero-order chi connectivity index (χ0) is 24.2. The Balaban J connectivity index is 1.73. The number of sulfonamides is 1. The van der Waals surface area contributed by atoms with Crippen LogP contribution in [0.5, 0.6) is 5.75 Å². The van der Waals surface area contributed by atoms with Gasteiger partial charge in [0.05, 0.1) is 34.6 Å². The maximum absolute atomic E-state index is 12.6. The molecule has 0 spiro atoms. The van der Waals surface area contributed by atoms with Gasteiger partial charge in [-0.2, -0.15) is 0 Å². The minimum atomic E-state index is -3.63. The molecule has 0 radical (unpaired) electrons. The zero-order valence-corrected chi connectivity index (χ0v) is 20.7. The number of nitrogens with zero attached hydrogens (tertiary/aromatic N) is 1. The van der Waals surface area contributed by atoms with Crippen LogP contribution in [0.4, 0.5) is 11.4 Å². The van der Waals surface area contributed by atoms with E-state index in [0.29, 0.717) is 22.5 Å². The molecule has 0 aromatic heterocycles. The van der Waals surface area contributed by atoms with Gasteiger partial charge in [-0.3, -0.25) is 9.10 Å². The van der Waals surface area contributed by atoms with E-state index in [1.807, 2.05) is 13.8 Å². The first-order valence-electron chi connectivity index (χ1n) is 10.1. The largest absolute Gasteiger partial charge is 0.491 e. The van der Waals surface area contributed by atoms with Gasteiger partial charge in [-0.15, -0.1) is 0 Å². The van der Waals surface area contributed by atoms with E-state index >= 15 is 0 Å². The van der Waals surface area contributed by atoms with Crippen LogP contribution in [0.3, 0.4) is 0 Å². The molecule has 0 heterocycles. The van der Waals surface area contributed by atoms with Gasteiger partial charge in [0.1, 0.15) is 5.75 Å². The van der Waals surface area contributed by atoms with E-state index in [1.54, 1.807) is 66.7 Å². The van der Waals surface area contributed by atoms with Crippen LogP contribution in [0.1, 0.15) is 29.8 Å². The summed E-state index contributed by atoms with van der Waals surface area (Å²) in [6, 6.07) is 18.6. The summed E-state index contributed by atoms with van der Waals surface area (Å²) in [4.78, 5) is 12.6. The first-order chi connectivity index (χ1) is 15.5. The van der Waals surface area contributed by atoms with E-state index in [4.69, 9.17) is 27.9 Å². The number of hydrogen-bond donors (Lipinski definition) is 1. The number of hydrogen-bond acceptors (Lipinski definition) is 4. The van der Waals surface area contributed by atoms with Crippen molar-refractivity contribution in [2.75, 3.05) is 15.9 Å². The smallest absolute Gasteiger partial charge is 0.255 e. The minimum absolute atomic E-state index is 0.0398. The average molecular weight is 507 g/mol. The molecule has 0 unspecified atom stereocenters. The number of ether oxygens (including phenoxy) is 1. The summed E-state index contributed by atoms with van der Waals surface area (Å²) in [5, 5.41) is 3.25. The quantitative estimate of drug-likeness (QED) is 0.406. The highest BCUT2D eigenvalue weighted by Crippen LogP contribution is 2.34. The fraction of sp³-hybridized carbons (Fsp3) is 0.208. The molecule has 0 fully saturated rings. The van der Waals surface area contributed by atoms with Crippen molar-refractivity contribution in [3.63, 3.8) is 0 Å². The van der Waals surface area contributed by atoms with E-state index in [9.17, 15) is 13.2 Å². The molecule has 174 valence electrons. The average Bonchev–Trinajstić information content (AvgIpc) is 2.75. The number of nitrogens with one attached hydrogen (secondary N) is 1. The molecule has 0 saturated carbocycles. The molecule has 9 heteroatoms. The summed E-state index contributed by atoms with van der Waals surface area (Å²) in [6.07, 6.45) is 1.17. The SMILES string of the molecule is CC(C)Oc1ccc(NC(=O)c2ccc(CN(c3cccc(Cl)c3Cl)S(C)(=O)=O)cc2)cc1. The van der Waals surface area contributed by atoms with Gasteiger partial charge < -0.3 is 10.1 Å². The Hall–Kier alpha value is -2.74. The molecule has 0 atom stereocenters. The van der Waals surface area contributed by atoms with Gasteiger partial charge >= 0.3 is 0 Å². The lowest BCUT2D eigenvalue weighted by molar-refractivity contribution is 0.102. The van der Waals surface area contributed by atoms with Crippen LogP contribution in [-0.2, 0) is 16.6 Å². The molecular formula is C24H24Cl2N2O4S. The third-order valence-electron chi connectivity index (χ3n) is 4.63. The van der Waals surface area contributed by atoms with E-state index in [0.717, 1.165) is 12.0 Å². The molecule has 0 saturated heterocycles. The second-order valence-electron chi connectivity index (χ2n) is 7.68. The van der Waals surface area contributed by atoms with E-state index < -0.39 is 10.0 Å². The molecule has 1 N–H and O–H groups in total.